The number of hydrogen-bond donors (Lipinski definition) is 2. The summed E-state index contributed by atoms with van der Waals surface area (Å²) < 4.78 is 11.8. The molecule has 5 nitrogen and oxygen atoms in total. The van der Waals surface area contributed by atoms with Crippen LogP contribution in [-0.2, 0) is 16.6 Å². The van der Waals surface area contributed by atoms with Crippen LogP contribution in [0.25, 0.3) is 0 Å². The Balaban J connectivity index is 1.77. The van der Waals surface area contributed by atoms with E-state index in [-0.39, 0.29) is 23.4 Å². The molecule has 6 atom stereocenters. The number of rotatable bonds is 1. The molecule has 2 fully saturated rings. The number of phenols is 1. The molecule has 1 spiro atoms. The van der Waals surface area contributed by atoms with Crippen LogP contribution in [0.3, 0.4) is 0 Å². The van der Waals surface area contributed by atoms with E-state index in [1.54, 1.807) is 13.2 Å². The number of piperidine rings is 1. The number of phenolic OH excluding ortho intramolecular Hbond substituents is 1. The van der Waals surface area contributed by atoms with Crippen molar-refractivity contribution in [2.75, 3.05) is 20.7 Å². The zero-order chi connectivity index (χ0) is 15.9. The summed E-state index contributed by atoms with van der Waals surface area (Å²) in [6.07, 6.45) is 1.62. The Labute approximate surface area is 135 Å². The minimum atomic E-state index is -0.655. The minimum Gasteiger partial charge on any atom is -0.504 e. The van der Waals surface area contributed by atoms with E-state index in [9.17, 15) is 10.2 Å². The molecule has 2 aliphatic heterocycles. The van der Waals surface area contributed by atoms with Crippen LogP contribution < -0.4 is 4.74 Å². The number of ether oxygens (including phenoxy) is 2. The Hall–Kier alpha value is -1.30. The molecule has 0 aromatic heterocycles. The van der Waals surface area contributed by atoms with Gasteiger partial charge in [0.2, 0.25) is 0 Å². The lowest BCUT2D eigenvalue weighted by Gasteiger charge is -2.59. The summed E-state index contributed by atoms with van der Waals surface area (Å²) in [6.45, 7) is 1.000. The quantitative estimate of drug-likeness (QED) is 0.811. The molecule has 6 unspecified atom stereocenters. The second-order valence-electron chi connectivity index (χ2n) is 7.64. The van der Waals surface area contributed by atoms with E-state index in [4.69, 9.17) is 9.47 Å². The lowest BCUT2D eigenvalue weighted by atomic mass is 9.51. The molecule has 2 heterocycles. The molecule has 0 radical (unpaired) electrons. The van der Waals surface area contributed by atoms with Gasteiger partial charge in [-0.25, -0.2) is 0 Å². The van der Waals surface area contributed by atoms with Crippen molar-refractivity contribution in [3.8, 4) is 11.5 Å². The van der Waals surface area contributed by atoms with Crippen LogP contribution in [0.2, 0.25) is 0 Å². The van der Waals surface area contributed by atoms with Gasteiger partial charge < -0.3 is 24.6 Å². The standard InChI is InChI=1S/C18H23NO4/c1-19-6-5-18-10-8-13(22-2)15(21)17(18)23-16-12(20)4-3-9(14(16)18)7-11(10)19/h3-4,10-11,13,15,17,20-21H,5-8H2,1-2H3. The highest BCUT2D eigenvalue weighted by atomic mass is 16.5. The van der Waals surface area contributed by atoms with Crippen LogP contribution in [0.5, 0.6) is 11.5 Å². The topological polar surface area (TPSA) is 62.2 Å². The van der Waals surface area contributed by atoms with Gasteiger partial charge in [-0.05, 0) is 50.4 Å². The zero-order valence-electron chi connectivity index (χ0n) is 13.5. The number of likely N-dealkylation sites (N-methyl/N-ethyl adjacent to an activating group) is 1. The molecule has 1 aromatic rings. The molecule has 23 heavy (non-hydrogen) atoms. The van der Waals surface area contributed by atoms with Crippen molar-refractivity contribution in [1.82, 2.24) is 4.90 Å². The summed E-state index contributed by atoms with van der Waals surface area (Å²) in [5.41, 5.74) is 2.27. The summed E-state index contributed by atoms with van der Waals surface area (Å²) in [6, 6.07) is 4.22. The first-order chi connectivity index (χ1) is 11.1. The molecule has 4 aliphatic rings. The Kier molecular flexibility index (Phi) is 2.70. The third-order valence-corrected chi connectivity index (χ3v) is 6.92. The molecule has 1 saturated heterocycles. The summed E-state index contributed by atoms with van der Waals surface area (Å²) >= 11 is 0. The first kappa shape index (κ1) is 14.1. The summed E-state index contributed by atoms with van der Waals surface area (Å²) in [5, 5.41) is 21.2. The van der Waals surface area contributed by atoms with Crippen LogP contribution in [0.4, 0.5) is 0 Å². The van der Waals surface area contributed by atoms with Crippen molar-refractivity contribution < 1.29 is 19.7 Å². The molecule has 1 saturated carbocycles. The minimum absolute atomic E-state index is 0.173. The predicted molar refractivity (Wildman–Crippen MR) is 83.9 cm³/mol. The third-order valence-electron chi connectivity index (χ3n) is 6.92. The van der Waals surface area contributed by atoms with Crippen LogP contribution in [0.1, 0.15) is 24.0 Å². The molecule has 5 heteroatoms. The molecular weight excluding hydrogens is 294 g/mol. The van der Waals surface area contributed by atoms with Gasteiger partial charge in [-0.15, -0.1) is 0 Å². The molecule has 2 aliphatic carbocycles. The van der Waals surface area contributed by atoms with Gasteiger partial charge in [-0.1, -0.05) is 6.07 Å². The first-order valence-electron chi connectivity index (χ1n) is 8.51. The smallest absolute Gasteiger partial charge is 0.165 e. The van der Waals surface area contributed by atoms with Gasteiger partial charge >= 0.3 is 0 Å². The second-order valence-corrected chi connectivity index (χ2v) is 7.64. The summed E-state index contributed by atoms with van der Waals surface area (Å²) in [7, 11) is 3.86. The molecule has 5 rings (SSSR count). The number of aliphatic hydroxyl groups is 1. The van der Waals surface area contributed by atoms with Gasteiger partial charge in [-0.2, -0.15) is 0 Å². The van der Waals surface area contributed by atoms with Gasteiger partial charge in [0.25, 0.3) is 0 Å². The maximum atomic E-state index is 10.9. The number of hydrogen-bond acceptors (Lipinski definition) is 5. The van der Waals surface area contributed by atoms with E-state index < -0.39 is 6.10 Å². The maximum absolute atomic E-state index is 10.9. The number of likely N-dealkylation sites (tertiary alicyclic amines) is 1. The number of benzene rings is 1. The van der Waals surface area contributed by atoms with E-state index in [0.717, 1.165) is 25.8 Å². The molecular formula is C18H23NO4. The highest BCUT2D eigenvalue weighted by Gasteiger charge is 2.67. The predicted octanol–water partition coefficient (Wildman–Crippen LogP) is 1.05. The van der Waals surface area contributed by atoms with Crippen LogP contribution >= 0.6 is 0 Å². The van der Waals surface area contributed by atoms with E-state index >= 15 is 0 Å². The fraction of sp³-hybridized carbons (Fsp3) is 0.667. The average molecular weight is 317 g/mol. The highest BCUT2D eigenvalue weighted by molar-refractivity contribution is 5.60. The number of aromatic hydroxyl groups is 1. The van der Waals surface area contributed by atoms with E-state index in [1.165, 1.54) is 11.1 Å². The SMILES string of the molecule is COC1CC2C3Cc4ccc(O)c5c4C2(CCN3C)C(O5)C1O. The van der Waals surface area contributed by atoms with Gasteiger partial charge in [0.15, 0.2) is 11.5 Å². The Morgan fingerprint density at radius 3 is 3.00 bits per heavy atom. The lowest BCUT2D eigenvalue weighted by molar-refractivity contribution is -0.159. The number of nitrogens with zero attached hydrogens (tertiary/aromatic N) is 1. The second kappa shape index (κ2) is 4.41. The monoisotopic (exact) mass is 317 g/mol. The van der Waals surface area contributed by atoms with Crippen LogP contribution in [-0.4, -0.2) is 60.2 Å². The van der Waals surface area contributed by atoms with Crippen molar-refractivity contribution >= 4 is 0 Å². The number of aliphatic hydroxyl groups excluding tert-OH is 1. The van der Waals surface area contributed by atoms with E-state index in [2.05, 4.69) is 11.9 Å². The van der Waals surface area contributed by atoms with Crippen LogP contribution in [0.15, 0.2) is 12.1 Å². The van der Waals surface area contributed by atoms with Gasteiger partial charge in [-0.3, -0.25) is 0 Å². The normalized spacial score (nSPS) is 43.9. The molecule has 2 N–H and O–H groups in total. The van der Waals surface area contributed by atoms with E-state index in [0.29, 0.717) is 17.7 Å². The van der Waals surface area contributed by atoms with E-state index in [1.807, 2.05) is 6.07 Å². The first-order valence-corrected chi connectivity index (χ1v) is 8.51. The van der Waals surface area contributed by atoms with Crippen molar-refractivity contribution in [3.05, 3.63) is 23.3 Å². The molecule has 0 amide bonds. The van der Waals surface area contributed by atoms with Crippen LogP contribution in [0, 0.1) is 5.92 Å². The highest BCUT2D eigenvalue weighted by Crippen LogP contribution is 2.63. The lowest BCUT2D eigenvalue weighted by Crippen LogP contribution is -2.69. The maximum Gasteiger partial charge on any atom is 0.165 e. The van der Waals surface area contributed by atoms with Crippen molar-refractivity contribution in [3.63, 3.8) is 0 Å². The summed E-state index contributed by atoms with van der Waals surface area (Å²) in [4.78, 5) is 2.45. The largest absolute Gasteiger partial charge is 0.504 e. The van der Waals surface area contributed by atoms with Gasteiger partial charge in [0.1, 0.15) is 12.2 Å². The van der Waals surface area contributed by atoms with Gasteiger partial charge in [0.05, 0.1) is 6.10 Å². The van der Waals surface area contributed by atoms with Crippen molar-refractivity contribution in [2.45, 2.75) is 49.0 Å². The van der Waals surface area contributed by atoms with Crippen molar-refractivity contribution in [2.24, 2.45) is 5.92 Å². The average Bonchev–Trinajstić information content (AvgIpc) is 2.90. The number of methoxy groups -OCH3 is 1. The Morgan fingerprint density at radius 1 is 1.39 bits per heavy atom. The molecule has 2 bridgehead atoms. The fourth-order valence-corrected chi connectivity index (χ4v) is 5.90. The Morgan fingerprint density at radius 2 is 2.22 bits per heavy atom. The molecule has 1 aromatic carbocycles. The third kappa shape index (κ3) is 1.49. The zero-order valence-corrected chi connectivity index (χ0v) is 13.5. The van der Waals surface area contributed by atoms with Gasteiger partial charge in [0, 0.05) is 24.1 Å². The fourth-order valence-electron chi connectivity index (χ4n) is 5.90. The Bertz CT molecular complexity index is 677. The summed E-state index contributed by atoms with van der Waals surface area (Å²) in [5.74, 6) is 1.20. The van der Waals surface area contributed by atoms with Crippen molar-refractivity contribution in [1.29, 1.82) is 0 Å². The molecule has 124 valence electrons.